The Bertz CT molecular complexity index is 360. The Labute approximate surface area is 94.7 Å². The van der Waals surface area contributed by atoms with Crippen LogP contribution in [0.4, 0.5) is 0 Å². The molecule has 0 saturated carbocycles. The molecule has 2 atom stereocenters. The van der Waals surface area contributed by atoms with Crippen molar-refractivity contribution < 1.29 is 15.0 Å². The second-order valence-corrected chi connectivity index (χ2v) is 4.18. The maximum absolute atomic E-state index is 11.0. The lowest BCUT2D eigenvalue weighted by Gasteiger charge is -2.21. The Kier molecular flexibility index (Phi) is 4.06. The number of aromatic nitrogens is 2. The molecule has 2 N–H and O–H groups in total. The second-order valence-electron chi connectivity index (χ2n) is 4.18. The molecule has 1 aromatic rings. The van der Waals surface area contributed by atoms with Crippen molar-refractivity contribution >= 4 is 5.97 Å². The van der Waals surface area contributed by atoms with Crippen molar-refractivity contribution in [1.82, 2.24) is 9.78 Å². The molecular formula is C11H18N2O3. The average molecular weight is 226 g/mol. The Balaban J connectivity index is 2.89. The number of carboxylic acids is 1. The number of hydrogen-bond donors (Lipinski definition) is 2. The molecule has 0 aliphatic rings. The lowest BCUT2D eigenvalue weighted by molar-refractivity contribution is -0.148. The fraction of sp³-hybridized carbons (Fsp3) is 0.636. The van der Waals surface area contributed by atoms with E-state index in [9.17, 15) is 9.90 Å². The predicted molar refractivity (Wildman–Crippen MR) is 58.8 cm³/mol. The number of aliphatic hydroxyl groups excluding tert-OH is 1. The van der Waals surface area contributed by atoms with Gasteiger partial charge in [0.15, 0.2) is 0 Å². The third-order valence-corrected chi connectivity index (χ3v) is 2.66. The largest absolute Gasteiger partial charge is 0.481 e. The highest BCUT2D eigenvalue weighted by molar-refractivity contribution is 5.71. The Hall–Kier alpha value is -1.36. The van der Waals surface area contributed by atoms with Gasteiger partial charge in [0.25, 0.3) is 0 Å². The number of carbonyl (C=O) groups is 1. The summed E-state index contributed by atoms with van der Waals surface area (Å²) in [5, 5.41) is 23.1. The minimum Gasteiger partial charge on any atom is -0.481 e. The van der Waals surface area contributed by atoms with Crippen LogP contribution in [0.2, 0.25) is 0 Å². The van der Waals surface area contributed by atoms with E-state index in [1.54, 1.807) is 24.7 Å². The van der Waals surface area contributed by atoms with Crippen LogP contribution >= 0.6 is 0 Å². The summed E-state index contributed by atoms with van der Waals surface area (Å²) in [6.07, 6.45) is 2.20. The van der Waals surface area contributed by atoms with Gasteiger partial charge in [-0.2, -0.15) is 5.10 Å². The zero-order valence-corrected chi connectivity index (χ0v) is 9.79. The van der Waals surface area contributed by atoms with E-state index in [-0.39, 0.29) is 5.92 Å². The molecule has 0 radical (unpaired) electrons. The van der Waals surface area contributed by atoms with Gasteiger partial charge >= 0.3 is 5.97 Å². The highest BCUT2D eigenvalue weighted by Crippen LogP contribution is 2.27. The fourth-order valence-electron chi connectivity index (χ4n) is 1.70. The van der Waals surface area contributed by atoms with Crippen molar-refractivity contribution in [3.63, 3.8) is 0 Å². The van der Waals surface area contributed by atoms with Crippen LogP contribution in [0.15, 0.2) is 12.4 Å². The molecule has 0 saturated heterocycles. The monoisotopic (exact) mass is 226 g/mol. The van der Waals surface area contributed by atoms with E-state index in [4.69, 9.17) is 5.11 Å². The van der Waals surface area contributed by atoms with Gasteiger partial charge < -0.3 is 10.2 Å². The van der Waals surface area contributed by atoms with E-state index < -0.39 is 18.0 Å². The van der Waals surface area contributed by atoms with Crippen LogP contribution in [0, 0.1) is 11.8 Å². The molecule has 5 nitrogen and oxygen atoms in total. The number of rotatable bonds is 5. The van der Waals surface area contributed by atoms with Gasteiger partial charge in [0, 0.05) is 18.3 Å². The first-order valence-corrected chi connectivity index (χ1v) is 5.40. The first kappa shape index (κ1) is 12.7. The summed E-state index contributed by atoms with van der Waals surface area (Å²) in [6, 6.07) is 0. The van der Waals surface area contributed by atoms with Crippen molar-refractivity contribution in [2.24, 2.45) is 11.8 Å². The molecule has 90 valence electrons. The van der Waals surface area contributed by atoms with Crippen LogP contribution in [0.5, 0.6) is 0 Å². The molecule has 0 amide bonds. The number of aliphatic carboxylic acids is 1. The van der Waals surface area contributed by atoms with Crippen molar-refractivity contribution in [3.05, 3.63) is 18.0 Å². The third kappa shape index (κ3) is 2.61. The normalized spacial score (nSPS) is 15.1. The Morgan fingerprint density at radius 2 is 2.19 bits per heavy atom. The van der Waals surface area contributed by atoms with Crippen LogP contribution < -0.4 is 0 Å². The zero-order valence-electron chi connectivity index (χ0n) is 9.79. The van der Waals surface area contributed by atoms with Crippen LogP contribution in [0.3, 0.4) is 0 Å². The highest BCUT2D eigenvalue weighted by Gasteiger charge is 2.31. The van der Waals surface area contributed by atoms with Gasteiger partial charge in [0.05, 0.1) is 18.2 Å². The van der Waals surface area contributed by atoms with E-state index in [0.29, 0.717) is 12.1 Å². The van der Waals surface area contributed by atoms with Gasteiger partial charge in [-0.3, -0.25) is 9.48 Å². The van der Waals surface area contributed by atoms with E-state index in [0.717, 1.165) is 0 Å². The number of hydrogen-bond acceptors (Lipinski definition) is 3. The number of nitrogens with zero attached hydrogens (tertiary/aromatic N) is 2. The molecule has 0 bridgehead atoms. The molecular weight excluding hydrogens is 208 g/mol. The van der Waals surface area contributed by atoms with E-state index in [1.807, 2.05) is 6.92 Å². The van der Waals surface area contributed by atoms with E-state index in [2.05, 4.69) is 5.10 Å². The molecule has 0 spiro atoms. The summed E-state index contributed by atoms with van der Waals surface area (Å²) < 4.78 is 1.66. The molecule has 1 aromatic heterocycles. The summed E-state index contributed by atoms with van der Waals surface area (Å²) in [5.41, 5.74) is 0.558. The first-order valence-electron chi connectivity index (χ1n) is 5.40. The summed E-state index contributed by atoms with van der Waals surface area (Å²) in [6.45, 7) is 6.20. The van der Waals surface area contributed by atoms with Crippen molar-refractivity contribution in [2.45, 2.75) is 33.4 Å². The zero-order chi connectivity index (χ0) is 12.3. The molecule has 0 aromatic carbocycles. The molecule has 16 heavy (non-hydrogen) atoms. The molecule has 0 fully saturated rings. The molecule has 0 aliphatic carbocycles. The second kappa shape index (κ2) is 5.12. The summed E-state index contributed by atoms with van der Waals surface area (Å²) in [5.74, 6) is -1.90. The molecule has 0 aliphatic heterocycles. The van der Waals surface area contributed by atoms with Crippen LogP contribution in [-0.4, -0.2) is 26.0 Å². The topological polar surface area (TPSA) is 75.4 Å². The lowest BCUT2D eigenvalue weighted by Crippen LogP contribution is -2.26. The van der Waals surface area contributed by atoms with Crippen molar-refractivity contribution in [1.29, 1.82) is 0 Å². The maximum Gasteiger partial charge on any atom is 0.309 e. The minimum absolute atomic E-state index is 0.127. The van der Waals surface area contributed by atoms with Gasteiger partial charge in [-0.15, -0.1) is 0 Å². The van der Waals surface area contributed by atoms with Crippen LogP contribution in [0.1, 0.15) is 32.4 Å². The summed E-state index contributed by atoms with van der Waals surface area (Å²) in [7, 11) is 0. The molecule has 1 rings (SSSR count). The maximum atomic E-state index is 11.0. The smallest absolute Gasteiger partial charge is 0.309 e. The van der Waals surface area contributed by atoms with Crippen molar-refractivity contribution in [2.75, 3.05) is 0 Å². The summed E-state index contributed by atoms with van der Waals surface area (Å²) in [4.78, 5) is 11.0. The molecule has 1 heterocycles. The minimum atomic E-state index is -1.00. The van der Waals surface area contributed by atoms with Crippen LogP contribution in [0.25, 0.3) is 0 Å². The number of aryl methyl sites for hydroxylation is 1. The number of carboxylic acid groups (broad SMARTS) is 1. The van der Waals surface area contributed by atoms with Crippen molar-refractivity contribution in [3.8, 4) is 0 Å². The average Bonchev–Trinajstić information content (AvgIpc) is 2.64. The molecule has 2 unspecified atom stereocenters. The van der Waals surface area contributed by atoms with Crippen LogP contribution in [-0.2, 0) is 11.3 Å². The lowest BCUT2D eigenvalue weighted by atomic mass is 9.88. The van der Waals surface area contributed by atoms with Gasteiger partial charge in [-0.05, 0) is 12.8 Å². The molecule has 5 heteroatoms. The van der Waals surface area contributed by atoms with Gasteiger partial charge in [0.1, 0.15) is 0 Å². The Morgan fingerprint density at radius 3 is 2.56 bits per heavy atom. The Morgan fingerprint density at radius 1 is 1.56 bits per heavy atom. The van der Waals surface area contributed by atoms with E-state index in [1.165, 1.54) is 6.20 Å². The fourth-order valence-corrected chi connectivity index (χ4v) is 1.70. The summed E-state index contributed by atoms with van der Waals surface area (Å²) >= 11 is 0. The third-order valence-electron chi connectivity index (χ3n) is 2.66. The van der Waals surface area contributed by atoms with Gasteiger partial charge in [-0.1, -0.05) is 13.8 Å². The number of aliphatic hydroxyl groups is 1. The SMILES string of the molecule is CCn1cc(C(O)C(C(=O)O)C(C)C)cn1. The quantitative estimate of drug-likeness (QED) is 0.793. The van der Waals surface area contributed by atoms with Gasteiger partial charge in [-0.25, -0.2) is 0 Å². The van der Waals surface area contributed by atoms with E-state index >= 15 is 0 Å². The van der Waals surface area contributed by atoms with Gasteiger partial charge in [0.2, 0.25) is 0 Å². The predicted octanol–water partition coefficient (Wildman–Crippen LogP) is 1.29. The standard InChI is InChI=1S/C11H18N2O3/c1-4-13-6-8(5-12-13)10(14)9(7(2)3)11(15)16/h5-7,9-10,14H,4H2,1-3H3,(H,15,16). The first-order chi connectivity index (χ1) is 7.47. The highest BCUT2D eigenvalue weighted by atomic mass is 16.4.